The second-order valence-electron chi connectivity index (χ2n) is 5.84. The Morgan fingerprint density at radius 2 is 2.04 bits per heavy atom. The van der Waals surface area contributed by atoms with E-state index in [9.17, 15) is 5.11 Å². The normalized spacial score (nSPS) is 16.9. The molecule has 4 nitrogen and oxygen atoms in total. The minimum Gasteiger partial charge on any atom is -0.445 e. The van der Waals surface area contributed by atoms with Gasteiger partial charge in [0.15, 0.2) is 0 Å². The maximum atomic E-state index is 10.4. The lowest BCUT2D eigenvalue weighted by molar-refractivity contribution is 0.112. The third-order valence-corrected chi connectivity index (χ3v) is 4.08. The summed E-state index contributed by atoms with van der Waals surface area (Å²) in [4.78, 5) is 4.39. The molecule has 1 aliphatic carbocycles. The van der Waals surface area contributed by atoms with Crippen LogP contribution in [0.5, 0.6) is 0 Å². The lowest BCUT2D eigenvalue weighted by Crippen LogP contribution is -2.29. The van der Waals surface area contributed by atoms with E-state index in [-0.39, 0.29) is 0 Å². The molecular weight excluding hydrogens is 288 g/mol. The van der Waals surface area contributed by atoms with Gasteiger partial charge in [-0.3, -0.25) is 0 Å². The van der Waals surface area contributed by atoms with Crippen LogP contribution in [-0.2, 0) is 6.42 Å². The summed E-state index contributed by atoms with van der Waals surface area (Å²) in [6.07, 6.45) is 10.5. The molecule has 0 saturated heterocycles. The molecule has 0 amide bonds. The number of nitrogens with zero attached hydrogens (tertiary/aromatic N) is 1. The molecule has 0 radical (unpaired) electrons. The fraction of sp³-hybridized carbons (Fsp3) is 0.316. The van der Waals surface area contributed by atoms with Crippen LogP contribution in [0.2, 0.25) is 0 Å². The Hall–Kier alpha value is -2.17. The molecule has 2 aromatic rings. The third-order valence-electron chi connectivity index (χ3n) is 4.08. The van der Waals surface area contributed by atoms with Crippen molar-refractivity contribution in [2.45, 2.75) is 37.8 Å². The number of aliphatic hydroxyl groups excluding tert-OH is 1. The quantitative estimate of drug-likeness (QED) is 0.857. The number of allylic oxidation sites excluding steroid dienone is 4. The highest BCUT2D eigenvalue weighted by molar-refractivity contribution is 5.71. The molecule has 4 heteroatoms. The molecule has 1 unspecified atom stereocenters. The number of benzene rings is 1. The van der Waals surface area contributed by atoms with Crippen LogP contribution in [0.25, 0.3) is 5.57 Å². The summed E-state index contributed by atoms with van der Waals surface area (Å²) in [5.74, 6) is 0.292. The summed E-state index contributed by atoms with van der Waals surface area (Å²) >= 11 is 0. The minimum atomic E-state index is -0.888. The van der Waals surface area contributed by atoms with E-state index in [1.54, 1.807) is 6.26 Å². The van der Waals surface area contributed by atoms with Crippen LogP contribution < -0.4 is 5.73 Å². The van der Waals surface area contributed by atoms with Crippen LogP contribution in [-0.4, -0.2) is 16.1 Å². The first-order valence-electron chi connectivity index (χ1n) is 8.04. The summed E-state index contributed by atoms with van der Waals surface area (Å²) in [7, 11) is 0. The van der Waals surface area contributed by atoms with Crippen molar-refractivity contribution in [1.82, 2.24) is 4.98 Å². The van der Waals surface area contributed by atoms with E-state index in [0.717, 1.165) is 30.5 Å². The van der Waals surface area contributed by atoms with E-state index in [2.05, 4.69) is 29.3 Å². The van der Waals surface area contributed by atoms with E-state index in [0.29, 0.717) is 12.3 Å². The van der Waals surface area contributed by atoms with Gasteiger partial charge >= 0.3 is 0 Å². The Morgan fingerprint density at radius 1 is 1.22 bits per heavy atom. The van der Waals surface area contributed by atoms with Gasteiger partial charge in [0.2, 0.25) is 5.89 Å². The zero-order valence-electron chi connectivity index (χ0n) is 13.1. The summed E-state index contributed by atoms with van der Waals surface area (Å²) in [6, 6.07) is 9.71. The standard InChI is InChI=1S/C19H22N2O2/c20-16(12-11-14-7-3-1-4-8-14)18(22)19-21-17(13-23-19)15-9-5-2-6-10-15/h1,3-5,7-10,13,16,18,22H,2,6,11-12,20H2/t16-,18?/m0/s1. The SMILES string of the molecule is N[C@@H](CCc1ccccc1)C(O)c1nc(C2=CCCC=C2)co1. The molecule has 1 aromatic carbocycles. The molecule has 23 heavy (non-hydrogen) atoms. The van der Waals surface area contributed by atoms with Gasteiger partial charge in [0, 0.05) is 6.04 Å². The first-order valence-corrected chi connectivity index (χ1v) is 8.04. The number of aryl methyl sites for hydroxylation is 1. The topological polar surface area (TPSA) is 72.3 Å². The minimum absolute atomic E-state index is 0.292. The second kappa shape index (κ2) is 7.40. The molecule has 1 aromatic heterocycles. The van der Waals surface area contributed by atoms with Crippen LogP contribution in [0.1, 0.15) is 42.5 Å². The predicted molar refractivity (Wildman–Crippen MR) is 90.6 cm³/mol. The fourth-order valence-corrected chi connectivity index (χ4v) is 2.68. The second-order valence-corrected chi connectivity index (χ2v) is 5.84. The fourth-order valence-electron chi connectivity index (χ4n) is 2.68. The van der Waals surface area contributed by atoms with Gasteiger partial charge in [-0.05, 0) is 36.8 Å². The van der Waals surface area contributed by atoms with Gasteiger partial charge in [-0.25, -0.2) is 4.98 Å². The van der Waals surface area contributed by atoms with E-state index in [1.807, 2.05) is 24.3 Å². The van der Waals surface area contributed by atoms with Crippen molar-refractivity contribution in [3.63, 3.8) is 0 Å². The predicted octanol–water partition coefficient (Wildman–Crippen LogP) is 3.40. The number of hydrogen-bond acceptors (Lipinski definition) is 4. The van der Waals surface area contributed by atoms with Crippen molar-refractivity contribution in [2.75, 3.05) is 0 Å². The Morgan fingerprint density at radius 3 is 2.78 bits per heavy atom. The van der Waals surface area contributed by atoms with Crippen molar-refractivity contribution in [1.29, 1.82) is 0 Å². The molecular formula is C19H22N2O2. The lowest BCUT2D eigenvalue weighted by Gasteiger charge is -2.15. The van der Waals surface area contributed by atoms with Crippen LogP contribution in [0, 0.1) is 0 Å². The van der Waals surface area contributed by atoms with Crippen LogP contribution in [0.15, 0.2) is 59.2 Å². The first-order chi connectivity index (χ1) is 11.2. The molecule has 1 aliphatic rings. The summed E-state index contributed by atoms with van der Waals surface area (Å²) in [5, 5.41) is 10.4. The van der Waals surface area contributed by atoms with Gasteiger partial charge in [-0.1, -0.05) is 48.6 Å². The van der Waals surface area contributed by atoms with E-state index < -0.39 is 12.1 Å². The lowest BCUT2D eigenvalue weighted by atomic mass is 10.0. The number of oxazole rings is 1. The van der Waals surface area contributed by atoms with Crippen molar-refractivity contribution in [3.05, 3.63) is 72.0 Å². The van der Waals surface area contributed by atoms with Crippen molar-refractivity contribution < 1.29 is 9.52 Å². The highest BCUT2D eigenvalue weighted by Gasteiger charge is 2.22. The monoisotopic (exact) mass is 310 g/mol. The van der Waals surface area contributed by atoms with Crippen LogP contribution in [0.3, 0.4) is 0 Å². The van der Waals surface area contributed by atoms with Crippen LogP contribution in [0.4, 0.5) is 0 Å². The molecule has 0 fully saturated rings. The average molecular weight is 310 g/mol. The number of rotatable bonds is 6. The summed E-state index contributed by atoms with van der Waals surface area (Å²) in [6.45, 7) is 0. The Bertz CT molecular complexity index is 688. The maximum Gasteiger partial charge on any atom is 0.225 e. The number of nitrogens with two attached hydrogens (primary N) is 1. The van der Waals surface area contributed by atoms with Crippen molar-refractivity contribution >= 4 is 5.57 Å². The van der Waals surface area contributed by atoms with Gasteiger partial charge in [0.05, 0.1) is 0 Å². The molecule has 2 atom stereocenters. The first kappa shape index (κ1) is 15.7. The molecule has 0 bridgehead atoms. The Labute approximate surface area is 136 Å². The van der Waals surface area contributed by atoms with Gasteiger partial charge < -0.3 is 15.3 Å². The number of aliphatic hydroxyl groups is 1. The highest BCUT2D eigenvalue weighted by atomic mass is 16.4. The zero-order valence-corrected chi connectivity index (χ0v) is 13.1. The van der Waals surface area contributed by atoms with Gasteiger partial charge in [0.1, 0.15) is 18.1 Å². The molecule has 0 spiro atoms. The summed E-state index contributed by atoms with van der Waals surface area (Å²) in [5.41, 5.74) is 9.11. The molecule has 120 valence electrons. The Balaban J connectivity index is 1.61. The van der Waals surface area contributed by atoms with Gasteiger partial charge in [0.25, 0.3) is 0 Å². The molecule has 3 N–H and O–H groups in total. The zero-order chi connectivity index (χ0) is 16.1. The largest absolute Gasteiger partial charge is 0.445 e. The van der Waals surface area contributed by atoms with Gasteiger partial charge in [-0.2, -0.15) is 0 Å². The molecule has 1 heterocycles. The van der Waals surface area contributed by atoms with E-state index >= 15 is 0 Å². The van der Waals surface area contributed by atoms with Crippen molar-refractivity contribution in [2.24, 2.45) is 5.73 Å². The summed E-state index contributed by atoms with van der Waals surface area (Å²) < 4.78 is 5.44. The van der Waals surface area contributed by atoms with E-state index in [1.165, 1.54) is 5.56 Å². The Kier molecular flexibility index (Phi) is 5.05. The van der Waals surface area contributed by atoms with Crippen molar-refractivity contribution in [3.8, 4) is 0 Å². The number of hydrogen-bond donors (Lipinski definition) is 2. The molecule has 3 rings (SSSR count). The van der Waals surface area contributed by atoms with Crippen LogP contribution >= 0.6 is 0 Å². The van der Waals surface area contributed by atoms with Gasteiger partial charge in [-0.15, -0.1) is 0 Å². The third kappa shape index (κ3) is 3.97. The number of aromatic nitrogens is 1. The highest BCUT2D eigenvalue weighted by Crippen LogP contribution is 2.24. The maximum absolute atomic E-state index is 10.4. The average Bonchev–Trinajstić information content (AvgIpc) is 3.11. The smallest absolute Gasteiger partial charge is 0.225 e. The van der Waals surface area contributed by atoms with E-state index in [4.69, 9.17) is 10.2 Å². The molecule has 0 aliphatic heterocycles. The molecule has 0 saturated carbocycles.